The number of hydrogen-bond acceptors (Lipinski definition) is 5. The van der Waals surface area contributed by atoms with Crippen LogP contribution in [0.1, 0.15) is 5.56 Å². The molecule has 0 unspecified atom stereocenters. The van der Waals surface area contributed by atoms with E-state index in [4.69, 9.17) is 11.6 Å². The number of amides is 1. The molecule has 1 heterocycles. The van der Waals surface area contributed by atoms with Gasteiger partial charge in [-0.05, 0) is 24.1 Å². The Bertz CT molecular complexity index is 516. The summed E-state index contributed by atoms with van der Waals surface area (Å²) >= 11 is 8.64. The number of hydrogen-bond donors (Lipinski definition) is 1. The number of halogens is 1. The maximum atomic E-state index is 11.6. The first kappa shape index (κ1) is 14.3. The maximum absolute atomic E-state index is 11.6. The SMILES string of the molecule is O=C(CSc1nncs1)NCCc1ccc(Cl)cc1. The molecular weight excluding hydrogens is 302 g/mol. The van der Waals surface area contributed by atoms with Crippen molar-refractivity contribution in [2.45, 2.75) is 10.8 Å². The molecule has 2 rings (SSSR count). The highest BCUT2D eigenvalue weighted by atomic mass is 35.5. The van der Waals surface area contributed by atoms with Crippen molar-refractivity contribution in [3.8, 4) is 0 Å². The summed E-state index contributed by atoms with van der Waals surface area (Å²) in [6.07, 6.45) is 0.798. The highest BCUT2D eigenvalue weighted by Crippen LogP contribution is 2.18. The van der Waals surface area contributed by atoms with Crippen LogP contribution in [0.5, 0.6) is 0 Å². The Morgan fingerprint density at radius 2 is 2.16 bits per heavy atom. The van der Waals surface area contributed by atoms with Crippen molar-refractivity contribution in [1.82, 2.24) is 15.5 Å². The highest BCUT2D eigenvalue weighted by molar-refractivity contribution is 8.01. The molecule has 0 fully saturated rings. The average Bonchev–Trinajstić information content (AvgIpc) is 2.92. The Balaban J connectivity index is 1.65. The standard InChI is InChI=1S/C12H12ClN3OS2/c13-10-3-1-9(2-4-10)5-6-14-11(17)7-18-12-16-15-8-19-12/h1-4,8H,5-7H2,(H,14,17). The minimum atomic E-state index is 0.00848. The van der Waals surface area contributed by atoms with Gasteiger partial charge in [-0.1, -0.05) is 46.8 Å². The molecule has 0 aliphatic carbocycles. The molecule has 1 aromatic carbocycles. The molecule has 0 bridgehead atoms. The molecule has 0 spiro atoms. The molecule has 0 atom stereocenters. The van der Waals surface area contributed by atoms with Crippen LogP contribution >= 0.6 is 34.7 Å². The van der Waals surface area contributed by atoms with E-state index < -0.39 is 0 Å². The predicted octanol–water partition coefficient (Wildman–Crippen LogP) is 2.64. The normalized spacial score (nSPS) is 10.4. The van der Waals surface area contributed by atoms with E-state index in [2.05, 4.69) is 15.5 Å². The summed E-state index contributed by atoms with van der Waals surface area (Å²) in [5, 5.41) is 11.2. The van der Waals surface area contributed by atoms with Gasteiger partial charge < -0.3 is 5.32 Å². The van der Waals surface area contributed by atoms with Crippen LogP contribution < -0.4 is 5.32 Å². The highest BCUT2D eigenvalue weighted by Gasteiger charge is 2.04. The summed E-state index contributed by atoms with van der Waals surface area (Å²) in [5.41, 5.74) is 2.81. The van der Waals surface area contributed by atoms with Gasteiger partial charge in [0.15, 0.2) is 4.34 Å². The maximum Gasteiger partial charge on any atom is 0.230 e. The zero-order valence-corrected chi connectivity index (χ0v) is 12.4. The fourth-order valence-corrected chi connectivity index (χ4v) is 2.85. The van der Waals surface area contributed by atoms with Crippen molar-refractivity contribution in [2.24, 2.45) is 0 Å². The Hall–Kier alpha value is -1.11. The van der Waals surface area contributed by atoms with Gasteiger partial charge in [-0.15, -0.1) is 10.2 Å². The number of nitrogens with one attached hydrogen (secondary N) is 1. The van der Waals surface area contributed by atoms with Gasteiger partial charge in [-0.3, -0.25) is 4.79 Å². The summed E-state index contributed by atoms with van der Waals surface area (Å²) in [4.78, 5) is 11.6. The molecule has 0 saturated heterocycles. The van der Waals surface area contributed by atoms with E-state index in [0.717, 1.165) is 21.3 Å². The molecule has 0 aliphatic heterocycles. The van der Waals surface area contributed by atoms with Crippen LogP contribution in [-0.2, 0) is 11.2 Å². The number of nitrogens with zero attached hydrogens (tertiary/aromatic N) is 2. The number of thioether (sulfide) groups is 1. The largest absolute Gasteiger partial charge is 0.355 e. The minimum absolute atomic E-state index is 0.00848. The van der Waals surface area contributed by atoms with Crippen LogP contribution in [0.3, 0.4) is 0 Å². The lowest BCUT2D eigenvalue weighted by Gasteiger charge is -2.04. The molecule has 1 aromatic heterocycles. The van der Waals surface area contributed by atoms with E-state index in [-0.39, 0.29) is 5.91 Å². The molecule has 1 N–H and O–H groups in total. The average molecular weight is 314 g/mol. The van der Waals surface area contributed by atoms with Crippen molar-refractivity contribution in [1.29, 1.82) is 0 Å². The van der Waals surface area contributed by atoms with Gasteiger partial charge in [0.25, 0.3) is 0 Å². The predicted molar refractivity (Wildman–Crippen MR) is 78.8 cm³/mol. The molecule has 0 radical (unpaired) electrons. The van der Waals surface area contributed by atoms with Gasteiger partial charge in [0, 0.05) is 11.6 Å². The first-order chi connectivity index (χ1) is 9.24. The number of aromatic nitrogens is 2. The van der Waals surface area contributed by atoms with Crippen LogP contribution in [0.2, 0.25) is 5.02 Å². The fraction of sp³-hybridized carbons (Fsp3) is 0.250. The van der Waals surface area contributed by atoms with Crippen LogP contribution in [0.25, 0.3) is 0 Å². The molecule has 1 amide bonds. The Morgan fingerprint density at radius 1 is 1.37 bits per heavy atom. The Labute approximate surface area is 124 Å². The van der Waals surface area contributed by atoms with E-state index in [9.17, 15) is 4.79 Å². The minimum Gasteiger partial charge on any atom is -0.355 e. The number of benzene rings is 1. The van der Waals surface area contributed by atoms with Gasteiger partial charge in [0.1, 0.15) is 5.51 Å². The third kappa shape index (κ3) is 5.18. The van der Waals surface area contributed by atoms with E-state index in [1.165, 1.54) is 23.1 Å². The second-order valence-corrected chi connectivity index (χ2v) is 6.21. The van der Waals surface area contributed by atoms with E-state index in [1.807, 2.05) is 24.3 Å². The lowest BCUT2D eigenvalue weighted by Crippen LogP contribution is -2.27. The van der Waals surface area contributed by atoms with Gasteiger partial charge in [0.2, 0.25) is 5.91 Å². The van der Waals surface area contributed by atoms with Crippen molar-refractivity contribution in [3.63, 3.8) is 0 Å². The van der Waals surface area contributed by atoms with Gasteiger partial charge in [-0.25, -0.2) is 0 Å². The van der Waals surface area contributed by atoms with Crippen LogP contribution in [0.15, 0.2) is 34.1 Å². The number of carbonyl (C=O) groups excluding carboxylic acids is 1. The number of rotatable bonds is 6. The number of carbonyl (C=O) groups is 1. The van der Waals surface area contributed by atoms with E-state index in [0.29, 0.717) is 12.3 Å². The van der Waals surface area contributed by atoms with Crippen molar-refractivity contribution < 1.29 is 4.79 Å². The lowest BCUT2D eigenvalue weighted by molar-refractivity contribution is -0.118. The third-order valence-electron chi connectivity index (χ3n) is 2.32. The third-order valence-corrected chi connectivity index (χ3v) is 4.43. The topological polar surface area (TPSA) is 54.9 Å². The first-order valence-corrected chi connectivity index (χ1v) is 7.88. The quantitative estimate of drug-likeness (QED) is 0.833. The molecule has 19 heavy (non-hydrogen) atoms. The lowest BCUT2D eigenvalue weighted by atomic mass is 10.1. The summed E-state index contributed by atoms with van der Waals surface area (Å²) < 4.78 is 0.813. The molecule has 7 heteroatoms. The molecule has 2 aromatic rings. The molecule has 0 aliphatic rings. The Morgan fingerprint density at radius 3 is 2.84 bits per heavy atom. The zero-order valence-electron chi connectivity index (χ0n) is 10.0. The van der Waals surface area contributed by atoms with Crippen LogP contribution in [-0.4, -0.2) is 28.4 Å². The van der Waals surface area contributed by atoms with Crippen LogP contribution in [0.4, 0.5) is 0 Å². The second kappa shape index (κ2) is 7.47. The smallest absolute Gasteiger partial charge is 0.230 e. The second-order valence-electron chi connectivity index (χ2n) is 3.72. The van der Waals surface area contributed by atoms with Crippen LogP contribution in [0, 0.1) is 0 Å². The van der Waals surface area contributed by atoms with Gasteiger partial charge in [-0.2, -0.15) is 0 Å². The fourth-order valence-electron chi connectivity index (χ4n) is 1.40. The van der Waals surface area contributed by atoms with Gasteiger partial charge in [0.05, 0.1) is 5.75 Å². The van der Waals surface area contributed by atoms with Gasteiger partial charge >= 0.3 is 0 Å². The van der Waals surface area contributed by atoms with Crippen molar-refractivity contribution >= 4 is 40.6 Å². The zero-order chi connectivity index (χ0) is 13.5. The molecule has 0 saturated carbocycles. The van der Waals surface area contributed by atoms with Crippen molar-refractivity contribution in [2.75, 3.05) is 12.3 Å². The van der Waals surface area contributed by atoms with E-state index >= 15 is 0 Å². The Kier molecular flexibility index (Phi) is 5.62. The summed E-state index contributed by atoms with van der Waals surface area (Å²) in [7, 11) is 0. The summed E-state index contributed by atoms with van der Waals surface area (Å²) in [6.45, 7) is 0.622. The van der Waals surface area contributed by atoms with E-state index in [1.54, 1.807) is 5.51 Å². The summed E-state index contributed by atoms with van der Waals surface area (Å²) in [5.74, 6) is 0.379. The molecule has 4 nitrogen and oxygen atoms in total. The first-order valence-electron chi connectivity index (χ1n) is 5.64. The van der Waals surface area contributed by atoms with Crippen molar-refractivity contribution in [3.05, 3.63) is 40.4 Å². The molecular formula is C12H12ClN3OS2. The molecule has 100 valence electrons. The summed E-state index contributed by atoms with van der Waals surface area (Å²) in [6, 6.07) is 7.63. The monoisotopic (exact) mass is 313 g/mol.